The number of hydrogen-bond acceptors (Lipinski definition) is 3. The predicted octanol–water partition coefficient (Wildman–Crippen LogP) is 4.20. The number of thioether (sulfide) groups is 1. The topological polar surface area (TPSA) is 25.2 Å². The minimum Gasteiger partial charge on any atom is -0.464 e. The van der Waals surface area contributed by atoms with E-state index in [2.05, 4.69) is 30.6 Å². The van der Waals surface area contributed by atoms with Crippen molar-refractivity contribution in [3.63, 3.8) is 0 Å². The van der Waals surface area contributed by atoms with Crippen LogP contribution in [0.3, 0.4) is 0 Å². The molecule has 3 heteroatoms. The Balaban J connectivity index is 1.71. The molecule has 0 radical (unpaired) electrons. The first kappa shape index (κ1) is 14.0. The lowest BCUT2D eigenvalue weighted by molar-refractivity contribution is 0.280. The van der Waals surface area contributed by atoms with Gasteiger partial charge in [0, 0.05) is 6.04 Å². The van der Waals surface area contributed by atoms with E-state index in [1.807, 2.05) is 0 Å². The van der Waals surface area contributed by atoms with Gasteiger partial charge in [-0.1, -0.05) is 13.3 Å². The molecular weight excluding hydrogens is 242 g/mol. The number of nitrogens with one attached hydrogen (secondary N) is 1. The van der Waals surface area contributed by atoms with Gasteiger partial charge in [0.15, 0.2) is 0 Å². The van der Waals surface area contributed by atoms with E-state index in [0.29, 0.717) is 6.04 Å². The molecule has 1 N–H and O–H groups in total. The Kier molecular flexibility index (Phi) is 5.64. The molecule has 1 fully saturated rings. The van der Waals surface area contributed by atoms with Crippen LogP contribution < -0.4 is 5.32 Å². The van der Waals surface area contributed by atoms with E-state index in [1.54, 1.807) is 11.8 Å². The molecule has 0 atom stereocenters. The van der Waals surface area contributed by atoms with Gasteiger partial charge in [-0.2, -0.15) is 11.8 Å². The first-order valence-corrected chi connectivity index (χ1v) is 8.51. The van der Waals surface area contributed by atoms with E-state index in [9.17, 15) is 0 Å². The summed E-state index contributed by atoms with van der Waals surface area (Å²) in [6.45, 7) is 3.20. The van der Waals surface area contributed by atoms with Crippen LogP contribution in [-0.4, -0.2) is 12.3 Å². The molecule has 0 unspecified atom stereocenters. The predicted molar refractivity (Wildman–Crippen MR) is 78.8 cm³/mol. The molecule has 1 heterocycles. The van der Waals surface area contributed by atoms with Gasteiger partial charge in [0.2, 0.25) is 0 Å². The van der Waals surface area contributed by atoms with Gasteiger partial charge in [-0.3, -0.25) is 0 Å². The summed E-state index contributed by atoms with van der Waals surface area (Å²) in [5, 5.41) is 3.64. The lowest BCUT2D eigenvalue weighted by atomic mass is 9.84. The molecule has 0 aliphatic heterocycles. The van der Waals surface area contributed by atoms with Crippen molar-refractivity contribution in [2.75, 3.05) is 6.26 Å². The highest BCUT2D eigenvalue weighted by atomic mass is 32.2. The molecule has 1 saturated carbocycles. The summed E-state index contributed by atoms with van der Waals surface area (Å²) >= 11 is 1.80. The van der Waals surface area contributed by atoms with E-state index in [0.717, 1.165) is 29.7 Å². The summed E-state index contributed by atoms with van der Waals surface area (Å²) in [6.07, 6.45) is 8.90. The molecular formula is C15H25NOS. The second kappa shape index (κ2) is 7.25. The Morgan fingerprint density at radius 2 is 1.94 bits per heavy atom. The summed E-state index contributed by atoms with van der Waals surface area (Å²) in [5.41, 5.74) is 0. The van der Waals surface area contributed by atoms with E-state index in [1.165, 1.54) is 32.1 Å². The highest BCUT2D eigenvalue weighted by Crippen LogP contribution is 2.26. The van der Waals surface area contributed by atoms with E-state index in [4.69, 9.17) is 4.42 Å². The Labute approximate surface area is 115 Å². The molecule has 18 heavy (non-hydrogen) atoms. The number of hydrogen-bond donors (Lipinski definition) is 1. The van der Waals surface area contributed by atoms with Crippen LogP contribution in [0.1, 0.15) is 50.5 Å². The van der Waals surface area contributed by atoms with E-state index < -0.39 is 0 Å². The molecule has 0 saturated heterocycles. The van der Waals surface area contributed by atoms with Gasteiger partial charge in [0.25, 0.3) is 0 Å². The number of furan rings is 1. The van der Waals surface area contributed by atoms with Crippen LogP contribution in [0.25, 0.3) is 0 Å². The fourth-order valence-corrected chi connectivity index (χ4v) is 3.20. The summed E-state index contributed by atoms with van der Waals surface area (Å²) in [5.74, 6) is 4.12. The van der Waals surface area contributed by atoms with Crippen molar-refractivity contribution < 1.29 is 4.42 Å². The SMILES string of the molecule is CCC1CCC(NCc2ccc(CSC)o2)CC1. The van der Waals surface area contributed by atoms with Crippen molar-refractivity contribution in [2.45, 2.75) is 57.4 Å². The molecule has 0 aromatic carbocycles. The average Bonchev–Trinajstić information content (AvgIpc) is 2.85. The molecule has 0 spiro atoms. The maximum Gasteiger partial charge on any atom is 0.118 e. The maximum atomic E-state index is 5.77. The van der Waals surface area contributed by atoms with Crippen LogP contribution in [0.4, 0.5) is 0 Å². The minimum absolute atomic E-state index is 0.696. The molecule has 1 aromatic rings. The fraction of sp³-hybridized carbons (Fsp3) is 0.733. The zero-order valence-electron chi connectivity index (χ0n) is 11.6. The van der Waals surface area contributed by atoms with Gasteiger partial charge in [0.1, 0.15) is 11.5 Å². The van der Waals surface area contributed by atoms with Crippen LogP contribution in [-0.2, 0) is 12.3 Å². The first-order valence-electron chi connectivity index (χ1n) is 7.11. The monoisotopic (exact) mass is 267 g/mol. The van der Waals surface area contributed by atoms with Crippen molar-refractivity contribution in [3.05, 3.63) is 23.7 Å². The lowest BCUT2D eigenvalue weighted by Gasteiger charge is -2.28. The summed E-state index contributed by atoms with van der Waals surface area (Å²) in [7, 11) is 0. The zero-order chi connectivity index (χ0) is 12.8. The van der Waals surface area contributed by atoms with E-state index >= 15 is 0 Å². The molecule has 2 nitrogen and oxygen atoms in total. The third-order valence-corrected chi connectivity index (χ3v) is 4.57. The molecule has 0 bridgehead atoms. The molecule has 0 amide bonds. The van der Waals surface area contributed by atoms with Crippen LogP contribution >= 0.6 is 11.8 Å². The molecule has 2 rings (SSSR count). The standard InChI is InChI=1S/C15H25NOS/c1-3-12-4-6-13(7-5-12)16-10-14-8-9-15(17-14)11-18-2/h8-9,12-13,16H,3-7,10-11H2,1-2H3. The van der Waals surface area contributed by atoms with Gasteiger partial charge in [-0.25, -0.2) is 0 Å². The molecule has 1 aliphatic rings. The largest absolute Gasteiger partial charge is 0.464 e. The maximum absolute atomic E-state index is 5.77. The quantitative estimate of drug-likeness (QED) is 0.836. The average molecular weight is 267 g/mol. The smallest absolute Gasteiger partial charge is 0.118 e. The second-order valence-electron chi connectivity index (χ2n) is 5.31. The summed E-state index contributed by atoms with van der Waals surface area (Å²) in [4.78, 5) is 0. The molecule has 102 valence electrons. The van der Waals surface area contributed by atoms with Crippen molar-refractivity contribution >= 4 is 11.8 Å². The Morgan fingerprint density at radius 1 is 1.22 bits per heavy atom. The van der Waals surface area contributed by atoms with Gasteiger partial charge < -0.3 is 9.73 Å². The zero-order valence-corrected chi connectivity index (χ0v) is 12.4. The van der Waals surface area contributed by atoms with Crippen LogP contribution in [0.5, 0.6) is 0 Å². The normalized spacial score (nSPS) is 24.3. The second-order valence-corrected chi connectivity index (χ2v) is 6.17. The van der Waals surface area contributed by atoms with Gasteiger partial charge in [0.05, 0.1) is 12.3 Å². The summed E-state index contributed by atoms with van der Waals surface area (Å²) < 4.78 is 5.77. The summed E-state index contributed by atoms with van der Waals surface area (Å²) in [6, 6.07) is 4.90. The van der Waals surface area contributed by atoms with E-state index in [-0.39, 0.29) is 0 Å². The third kappa shape index (κ3) is 4.06. The lowest BCUT2D eigenvalue weighted by Crippen LogP contribution is -2.32. The van der Waals surface area contributed by atoms with Gasteiger partial charge >= 0.3 is 0 Å². The Morgan fingerprint density at radius 3 is 2.61 bits per heavy atom. The number of rotatable bonds is 6. The van der Waals surface area contributed by atoms with Crippen molar-refractivity contribution in [3.8, 4) is 0 Å². The van der Waals surface area contributed by atoms with Gasteiger partial charge in [-0.05, 0) is 50.0 Å². The van der Waals surface area contributed by atoms with Crippen molar-refractivity contribution in [2.24, 2.45) is 5.92 Å². The molecule has 1 aliphatic carbocycles. The van der Waals surface area contributed by atoms with Crippen LogP contribution in [0.2, 0.25) is 0 Å². The first-order chi connectivity index (χ1) is 8.81. The Bertz CT molecular complexity index is 342. The van der Waals surface area contributed by atoms with Crippen LogP contribution in [0, 0.1) is 5.92 Å². The van der Waals surface area contributed by atoms with Gasteiger partial charge in [-0.15, -0.1) is 0 Å². The fourth-order valence-electron chi connectivity index (χ4n) is 2.76. The van der Waals surface area contributed by atoms with Crippen molar-refractivity contribution in [1.29, 1.82) is 0 Å². The minimum atomic E-state index is 0.696. The van der Waals surface area contributed by atoms with Crippen molar-refractivity contribution in [1.82, 2.24) is 5.32 Å². The third-order valence-electron chi connectivity index (χ3n) is 3.99. The Hall–Kier alpha value is -0.410. The highest BCUT2D eigenvalue weighted by molar-refractivity contribution is 7.97. The highest BCUT2D eigenvalue weighted by Gasteiger charge is 2.19. The molecule has 1 aromatic heterocycles. The van der Waals surface area contributed by atoms with Crippen LogP contribution in [0.15, 0.2) is 16.5 Å².